The van der Waals surface area contributed by atoms with Crippen molar-refractivity contribution in [2.24, 2.45) is 5.92 Å². The highest BCUT2D eigenvalue weighted by Crippen LogP contribution is 2.37. The summed E-state index contributed by atoms with van der Waals surface area (Å²) < 4.78 is 32.0. The summed E-state index contributed by atoms with van der Waals surface area (Å²) >= 11 is 1.34. The number of ether oxygens (including phenoxy) is 1. The number of hydrogen-bond donors (Lipinski definition) is 1. The minimum Gasteiger partial charge on any atom is -0.381 e. The van der Waals surface area contributed by atoms with E-state index in [4.69, 9.17) is 4.74 Å². The zero-order valence-electron chi connectivity index (χ0n) is 13.9. The summed E-state index contributed by atoms with van der Waals surface area (Å²) in [6, 6.07) is 0. The van der Waals surface area contributed by atoms with Crippen molar-refractivity contribution in [1.82, 2.24) is 9.71 Å². The molecule has 0 spiro atoms. The molecule has 1 saturated heterocycles. The second-order valence-corrected chi connectivity index (χ2v) is 9.51. The van der Waals surface area contributed by atoms with E-state index in [1.54, 1.807) is 6.92 Å². The molecule has 1 aromatic rings. The Morgan fingerprint density at radius 3 is 2.58 bits per heavy atom. The first-order valence-electron chi connectivity index (χ1n) is 8.54. The highest BCUT2D eigenvalue weighted by molar-refractivity contribution is 7.90. The van der Waals surface area contributed by atoms with Gasteiger partial charge in [0.1, 0.15) is 4.88 Å². The van der Waals surface area contributed by atoms with Crippen LogP contribution in [0.25, 0.3) is 0 Å². The van der Waals surface area contributed by atoms with Gasteiger partial charge in [0.2, 0.25) is 10.0 Å². The first kappa shape index (κ1) is 17.8. The lowest BCUT2D eigenvalue weighted by molar-refractivity contribution is 0.0722. The molecule has 3 rings (SSSR count). The van der Waals surface area contributed by atoms with Crippen molar-refractivity contribution < 1.29 is 17.9 Å². The number of aryl methyl sites for hydroxylation is 1. The third-order valence-electron chi connectivity index (χ3n) is 4.77. The topological polar surface area (TPSA) is 85.4 Å². The van der Waals surface area contributed by atoms with Gasteiger partial charge in [0.05, 0.1) is 16.5 Å². The number of hydrogen-bond acceptors (Lipinski definition) is 6. The number of carbonyl (C=O) groups excluding carboxylic acids is 1. The van der Waals surface area contributed by atoms with E-state index in [9.17, 15) is 13.2 Å². The predicted molar refractivity (Wildman–Crippen MR) is 92.9 cm³/mol. The molecule has 0 bridgehead atoms. The van der Waals surface area contributed by atoms with Crippen molar-refractivity contribution in [3.63, 3.8) is 0 Å². The largest absolute Gasteiger partial charge is 0.381 e. The maximum atomic E-state index is 12.4. The normalized spacial score (nSPS) is 20.4. The third kappa shape index (κ3) is 4.34. The maximum absolute atomic E-state index is 12.4. The van der Waals surface area contributed by atoms with Gasteiger partial charge in [0.25, 0.3) is 5.91 Å². The second-order valence-electron chi connectivity index (χ2n) is 6.72. The molecule has 0 atom stereocenters. The number of amides is 1. The van der Waals surface area contributed by atoms with Crippen LogP contribution in [-0.2, 0) is 14.8 Å². The predicted octanol–water partition coefficient (Wildman–Crippen LogP) is 2.60. The summed E-state index contributed by atoms with van der Waals surface area (Å²) in [5, 5.41) is 0.969. The summed E-state index contributed by atoms with van der Waals surface area (Å²) in [6.07, 6.45) is 6.06. The molecule has 1 amide bonds. The van der Waals surface area contributed by atoms with E-state index >= 15 is 0 Å². The van der Waals surface area contributed by atoms with Crippen LogP contribution >= 0.6 is 11.3 Å². The van der Waals surface area contributed by atoms with Gasteiger partial charge in [-0.3, -0.25) is 4.79 Å². The maximum Gasteiger partial charge on any atom is 0.276 e. The van der Waals surface area contributed by atoms with Crippen molar-refractivity contribution in [2.45, 2.75) is 51.4 Å². The van der Waals surface area contributed by atoms with Crippen LogP contribution in [0.1, 0.15) is 64.8 Å². The molecule has 2 fully saturated rings. The fourth-order valence-corrected chi connectivity index (χ4v) is 6.05. The van der Waals surface area contributed by atoms with Crippen LogP contribution in [0.15, 0.2) is 0 Å². The van der Waals surface area contributed by atoms with E-state index in [1.165, 1.54) is 24.2 Å². The Kier molecular flexibility index (Phi) is 5.56. The number of sulfonamides is 1. The summed E-state index contributed by atoms with van der Waals surface area (Å²) in [4.78, 5) is 17.3. The van der Waals surface area contributed by atoms with Crippen molar-refractivity contribution >= 4 is 27.3 Å². The van der Waals surface area contributed by atoms with Gasteiger partial charge in [0.15, 0.2) is 0 Å². The number of carbonyl (C=O) groups is 1. The van der Waals surface area contributed by atoms with Crippen LogP contribution in [0.4, 0.5) is 0 Å². The zero-order valence-corrected chi connectivity index (χ0v) is 15.5. The lowest BCUT2D eigenvalue weighted by Crippen LogP contribution is -2.36. The Labute approximate surface area is 147 Å². The Balaban J connectivity index is 1.65. The summed E-state index contributed by atoms with van der Waals surface area (Å²) in [6.45, 7) is 2.95. The van der Waals surface area contributed by atoms with Crippen molar-refractivity contribution in [3.8, 4) is 0 Å². The number of rotatable bonds is 5. The quantitative estimate of drug-likeness (QED) is 0.859. The van der Waals surface area contributed by atoms with Gasteiger partial charge in [-0.15, -0.1) is 11.3 Å². The Bertz CT molecular complexity index is 687. The fourth-order valence-electron chi connectivity index (χ4n) is 3.43. The average Bonchev–Trinajstić information content (AvgIpc) is 3.16. The monoisotopic (exact) mass is 372 g/mol. The molecule has 2 aliphatic rings. The molecule has 1 aliphatic carbocycles. The molecule has 1 saturated carbocycles. The van der Waals surface area contributed by atoms with Crippen LogP contribution in [0.2, 0.25) is 0 Å². The average molecular weight is 373 g/mol. The van der Waals surface area contributed by atoms with E-state index < -0.39 is 15.9 Å². The molecule has 6 nitrogen and oxygen atoms in total. The molecule has 0 radical (unpaired) electrons. The van der Waals surface area contributed by atoms with Gasteiger partial charge in [-0.1, -0.05) is 12.8 Å². The van der Waals surface area contributed by atoms with Gasteiger partial charge in [-0.05, 0) is 38.5 Å². The molecule has 8 heteroatoms. The van der Waals surface area contributed by atoms with Crippen LogP contribution in [-0.4, -0.2) is 38.3 Å². The van der Waals surface area contributed by atoms with E-state index in [0.29, 0.717) is 29.7 Å². The lowest BCUT2D eigenvalue weighted by atomic mass is 10.0. The zero-order chi connectivity index (χ0) is 17.2. The van der Waals surface area contributed by atoms with Crippen molar-refractivity contribution in [1.29, 1.82) is 0 Å². The minimum absolute atomic E-state index is 0.0184. The number of nitrogens with zero attached hydrogens (tertiary/aromatic N) is 1. The Morgan fingerprint density at radius 2 is 1.92 bits per heavy atom. The van der Waals surface area contributed by atoms with Gasteiger partial charge in [-0.25, -0.2) is 18.1 Å². The molecule has 2 heterocycles. The van der Waals surface area contributed by atoms with Gasteiger partial charge in [0, 0.05) is 19.1 Å². The Hall–Kier alpha value is -0.990. The summed E-state index contributed by atoms with van der Waals surface area (Å²) in [5.74, 6) is -0.0776. The fraction of sp³-hybridized carbons (Fsp3) is 0.750. The van der Waals surface area contributed by atoms with E-state index in [2.05, 4.69) is 9.71 Å². The molecule has 0 unspecified atom stereocenters. The minimum atomic E-state index is -3.63. The summed E-state index contributed by atoms with van der Waals surface area (Å²) in [7, 11) is -3.63. The van der Waals surface area contributed by atoms with Crippen molar-refractivity contribution in [3.05, 3.63) is 15.6 Å². The number of nitrogens with one attached hydrogen (secondary N) is 1. The molecular weight excluding hydrogens is 348 g/mol. The highest BCUT2D eigenvalue weighted by Gasteiger charge is 2.27. The van der Waals surface area contributed by atoms with E-state index in [1.807, 2.05) is 0 Å². The molecular formula is C16H24N2O4S2. The van der Waals surface area contributed by atoms with Crippen LogP contribution in [0.5, 0.6) is 0 Å². The molecule has 0 aromatic carbocycles. The third-order valence-corrected chi connectivity index (χ3v) is 7.49. The van der Waals surface area contributed by atoms with Crippen LogP contribution in [0, 0.1) is 12.8 Å². The smallest absolute Gasteiger partial charge is 0.276 e. The molecule has 24 heavy (non-hydrogen) atoms. The van der Waals surface area contributed by atoms with Gasteiger partial charge in [-0.2, -0.15) is 0 Å². The van der Waals surface area contributed by atoms with E-state index in [-0.39, 0.29) is 11.7 Å². The molecule has 1 aliphatic heterocycles. The first-order valence-corrected chi connectivity index (χ1v) is 11.0. The molecule has 1 aromatic heterocycles. The molecule has 134 valence electrons. The SMILES string of the molecule is Cc1nc(C2CCCC2)sc1C(=O)NS(=O)(=O)CC1CCOCC1. The van der Waals surface area contributed by atoms with E-state index in [0.717, 1.165) is 30.7 Å². The van der Waals surface area contributed by atoms with Gasteiger partial charge >= 0.3 is 0 Å². The number of aromatic nitrogens is 1. The van der Waals surface area contributed by atoms with Gasteiger partial charge < -0.3 is 4.74 Å². The van der Waals surface area contributed by atoms with Crippen LogP contribution in [0.3, 0.4) is 0 Å². The highest BCUT2D eigenvalue weighted by atomic mass is 32.2. The van der Waals surface area contributed by atoms with Crippen LogP contribution < -0.4 is 4.72 Å². The first-order chi connectivity index (χ1) is 11.4. The summed E-state index contributed by atoms with van der Waals surface area (Å²) in [5.41, 5.74) is 0.626. The molecule has 1 N–H and O–H groups in total. The standard InChI is InChI=1S/C16H24N2O4S2/c1-11-14(23-16(17-11)13-4-2-3-5-13)15(19)18-24(20,21)10-12-6-8-22-9-7-12/h12-13H,2-10H2,1H3,(H,18,19). The van der Waals surface area contributed by atoms with Crippen molar-refractivity contribution in [2.75, 3.05) is 19.0 Å². The Morgan fingerprint density at radius 1 is 1.25 bits per heavy atom. The second kappa shape index (κ2) is 7.49. The number of thiazole rings is 1. The lowest BCUT2D eigenvalue weighted by Gasteiger charge is -2.21.